The van der Waals surface area contributed by atoms with E-state index in [9.17, 15) is 4.79 Å². The smallest absolute Gasteiger partial charge is 0.275 e. The van der Waals surface area contributed by atoms with Gasteiger partial charge in [-0.2, -0.15) is 0 Å². The third-order valence-electron chi connectivity index (χ3n) is 3.47. The maximum atomic E-state index is 12.1. The summed E-state index contributed by atoms with van der Waals surface area (Å²) in [6.07, 6.45) is 2.46. The van der Waals surface area contributed by atoms with E-state index in [0.717, 1.165) is 19.6 Å². The molecule has 86 valence electrons. The van der Waals surface area contributed by atoms with E-state index in [1.165, 1.54) is 24.4 Å². The van der Waals surface area contributed by atoms with Gasteiger partial charge in [0.25, 0.3) is 5.91 Å². The second kappa shape index (κ2) is 4.10. The number of nitrogens with one attached hydrogen (secondary N) is 1. The Morgan fingerprint density at radius 3 is 3.25 bits per heavy atom. The van der Waals surface area contributed by atoms with Crippen LogP contribution in [0.2, 0.25) is 0 Å². The molecule has 2 saturated heterocycles. The molecule has 1 aromatic heterocycles. The number of hydrogen-bond donors (Lipinski definition) is 1. The molecule has 0 radical (unpaired) electrons. The van der Waals surface area contributed by atoms with Gasteiger partial charge in [0.15, 0.2) is 5.69 Å². The number of likely N-dealkylation sites (tertiary alicyclic amines) is 1. The standard InChI is InChI=1S/C10H14N4OS/c15-10(9-6-16-13-12-9)14-4-7-2-1-3-11-8(7)5-14/h6-8,11H,1-5H2. The zero-order chi connectivity index (χ0) is 11.0. The summed E-state index contributed by atoms with van der Waals surface area (Å²) in [5.74, 6) is 0.661. The van der Waals surface area contributed by atoms with Crippen molar-refractivity contribution >= 4 is 17.4 Å². The molecule has 2 fully saturated rings. The van der Waals surface area contributed by atoms with E-state index in [4.69, 9.17) is 0 Å². The molecule has 0 saturated carbocycles. The zero-order valence-corrected chi connectivity index (χ0v) is 9.74. The summed E-state index contributed by atoms with van der Waals surface area (Å²) < 4.78 is 3.73. The fourth-order valence-electron chi connectivity index (χ4n) is 2.63. The van der Waals surface area contributed by atoms with Crippen LogP contribution in [0.25, 0.3) is 0 Å². The molecule has 5 nitrogen and oxygen atoms in total. The Morgan fingerprint density at radius 1 is 1.56 bits per heavy atom. The van der Waals surface area contributed by atoms with E-state index in [2.05, 4.69) is 14.9 Å². The molecule has 0 bridgehead atoms. The number of amides is 1. The zero-order valence-electron chi connectivity index (χ0n) is 8.93. The van der Waals surface area contributed by atoms with Gasteiger partial charge in [-0.1, -0.05) is 4.49 Å². The minimum atomic E-state index is 0.0324. The van der Waals surface area contributed by atoms with Crippen molar-refractivity contribution in [1.29, 1.82) is 0 Å². The summed E-state index contributed by atoms with van der Waals surface area (Å²) in [6, 6.07) is 0.490. The number of rotatable bonds is 1. The number of piperidine rings is 1. The highest BCUT2D eigenvalue weighted by molar-refractivity contribution is 7.03. The number of carbonyl (C=O) groups excluding carboxylic acids is 1. The number of aromatic nitrogens is 2. The summed E-state index contributed by atoms with van der Waals surface area (Å²) in [4.78, 5) is 14.0. The lowest BCUT2D eigenvalue weighted by Crippen LogP contribution is -2.41. The highest BCUT2D eigenvalue weighted by Gasteiger charge is 2.37. The Morgan fingerprint density at radius 2 is 2.50 bits per heavy atom. The normalized spacial score (nSPS) is 29.1. The van der Waals surface area contributed by atoms with Gasteiger partial charge < -0.3 is 10.2 Å². The number of hydrogen-bond acceptors (Lipinski definition) is 5. The third kappa shape index (κ3) is 1.72. The topological polar surface area (TPSA) is 58.1 Å². The number of carbonyl (C=O) groups is 1. The molecule has 1 amide bonds. The number of fused-ring (bicyclic) bond motifs is 1. The molecular weight excluding hydrogens is 224 g/mol. The third-order valence-corrected chi connectivity index (χ3v) is 3.97. The molecule has 1 N–H and O–H groups in total. The quantitative estimate of drug-likeness (QED) is 0.767. The van der Waals surface area contributed by atoms with Crippen molar-refractivity contribution in [3.05, 3.63) is 11.1 Å². The molecule has 2 aliphatic heterocycles. The lowest BCUT2D eigenvalue weighted by molar-refractivity contribution is 0.0780. The molecule has 2 unspecified atom stereocenters. The summed E-state index contributed by atoms with van der Waals surface area (Å²) in [5, 5.41) is 9.04. The highest BCUT2D eigenvalue weighted by Crippen LogP contribution is 2.25. The van der Waals surface area contributed by atoms with Gasteiger partial charge in [-0.3, -0.25) is 4.79 Å². The Hall–Kier alpha value is -1.01. The van der Waals surface area contributed by atoms with Crippen LogP contribution in [-0.2, 0) is 0 Å². The second-order valence-electron chi connectivity index (χ2n) is 4.46. The average Bonchev–Trinajstić information content (AvgIpc) is 2.97. The molecule has 0 aromatic carbocycles. The van der Waals surface area contributed by atoms with Crippen LogP contribution in [0, 0.1) is 5.92 Å². The maximum Gasteiger partial charge on any atom is 0.275 e. The predicted octanol–water partition coefficient (Wildman–Crippen LogP) is 0.362. The molecular formula is C10H14N4OS. The largest absolute Gasteiger partial charge is 0.335 e. The van der Waals surface area contributed by atoms with E-state index in [-0.39, 0.29) is 5.91 Å². The molecule has 0 spiro atoms. The van der Waals surface area contributed by atoms with Crippen LogP contribution in [0.15, 0.2) is 5.38 Å². The fraction of sp³-hybridized carbons (Fsp3) is 0.700. The second-order valence-corrected chi connectivity index (χ2v) is 5.07. The van der Waals surface area contributed by atoms with Crippen molar-refractivity contribution in [2.24, 2.45) is 5.92 Å². The van der Waals surface area contributed by atoms with E-state index in [0.29, 0.717) is 17.7 Å². The van der Waals surface area contributed by atoms with Crippen molar-refractivity contribution in [1.82, 2.24) is 19.8 Å². The Labute approximate surface area is 98.0 Å². The summed E-state index contributed by atoms with van der Waals surface area (Å²) in [7, 11) is 0. The van der Waals surface area contributed by atoms with Crippen LogP contribution >= 0.6 is 11.5 Å². The lowest BCUT2D eigenvalue weighted by Gasteiger charge is -2.24. The Balaban J connectivity index is 1.71. The Kier molecular flexibility index (Phi) is 2.61. The predicted molar refractivity (Wildman–Crippen MR) is 60.3 cm³/mol. The lowest BCUT2D eigenvalue weighted by atomic mass is 9.94. The van der Waals surface area contributed by atoms with Crippen LogP contribution in [0.5, 0.6) is 0 Å². The first-order valence-corrected chi connectivity index (χ1v) is 6.48. The summed E-state index contributed by atoms with van der Waals surface area (Å²) >= 11 is 1.23. The maximum absolute atomic E-state index is 12.1. The van der Waals surface area contributed by atoms with Crippen molar-refractivity contribution in [2.45, 2.75) is 18.9 Å². The molecule has 2 aliphatic rings. The minimum Gasteiger partial charge on any atom is -0.335 e. The van der Waals surface area contributed by atoms with Gasteiger partial charge in [-0.05, 0) is 36.8 Å². The molecule has 0 aliphatic carbocycles. The van der Waals surface area contributed by atoms with Crippen LogP contribution < -0.4 is 5.32 Å². The Bertz CT molecular complexity index is 366. The van der Waals surface area contributed by atoms with E-state index in [1.807, 2.05) is 4.90 Å². The highest BCUT2D eigenvalue weighted by atomic mass is 32.1. The van der Waals surface area contributed by atoms with Gasteiger partial charge in [-0.25, -0.2) is 0 Å². The van der Waals surface area contributed by atoms with Crippen LogP contribution in [0.3, 0.4) is 0 Å². The van der Waals surface area contributed by atoms with E-state index in [1.54, 1.807) is 5.38 Å². The van der Waals surface area contributed by atoms with E-state index < -0.39 is 0 Å². The van der Waals surface area contributed by atoms with E-state index >= 15 is 0 Å². The molecule has 16 heavy (non-hydrogen) atoms. The van der Waals surface area contributed by atoms with Gasteiger partial charge in [0, 0.05) is 24.5 Å². The van der Waals surface area contributed by atoms with Crippen molar-refractivity contribution in [2.75, 3.05) is 19.6 Å². The van der Waals surface area contributed by atoms with Gasteiger partial charge in [0.05, 0.1) is 0 Å². The van der Waals surface area contributed by atoms with Crippen LogP contribution in [-0.4, -0.2) is 46.1 Å². The van der Waals surface area contributed by atoms with Gasteiger partial charge in [0.2, 0.25) is 0 Å². The van der Waals surface area contributed by atoms with Gasteiger partial charge in [0.1, 0.15) is 0 Å². The molecule has 6 heteroatoms. The fourth-order valence-corrected chi connectivity index (χ4v) is 3.06. The van der Waals surface area contributed by atoms with Crippen molar-refractivity contribution < 1.29 is 4.79 Å². The van der Waals surface area contributed by atoms with Crippen LogP contribution in [0.4, 0.5) is 0 Å². The molecule has 3 heterocycles. The first-order valence-electron chi connectivity index (χ1n) is 5.64. The summed E-state index contributed by atoms with van der Waals surface area (Å²) in [5.41, 5.74) is 0.489. The van der Waals surface area contributed by atoms with Crippen molar-refractivity contribution in [3.63, 3.8) is 0 Å². The van der Waals surface area contributed by atoms with Crippen LogP contribution in [0.1, 0.15) is 23.3 Å². The average molecular weight is 238 g/mol. The van der Waals surface area contributed by atoms with Crippen molar-refractivity contribution in [3.8, 4) is 0 Å². The monoisotopic (exact) mass is 238 g/mol. The SMILES string of the molecule is O=C(c1csnn1)N1CC2CCCNC2C1. The van der Waals surface area contributed by atoms with Gasteiger partial charge in [-0.15, -0.1) is 5.10 Å². The number of nitrogens with zero attached hydrogens (tertiary/aromatic N) is 3. The molecule has 3 rings (SSSR count). The summed E-state index contributed by atoms with van der Waals surface area (Å²) in [6.45, 7) is 2.77. The first-order chi connectivity index (χ1) is 7.84. The first kappa shape index (κ1) is 10.2. The van der Waals surface area contributed by atoms with Gasteiger partial charge >= 0.3 is 0 Å². The minimum absolute atomic E-state index is 0.0324. The molecule has 2 atom stereocenters. The molecule has 1 aromatic rings.